The van der Waals surface area contributed by atoms with Crippen LogP contribution in [0.15, 0.2) is 24.3 Å². The van der Waals surface area contributed by atoms with Crippen LogP contribution in [0.1, 0.15) is 37.4 Å². The number of amides is 1. The summed E-state index contributed by atoms with van der Waals surface area (Å²) in [6, 6.07) is 7.36. The highest BCUT2D eigenvalue weighted by Crippen LogP contribution is 2.24. The molecule has 1 amide bonds. The van der Waals surface area contributed by atoms with Crippen molar-refractivity contribution < 1.29 is 9.90 Å². The molecule has 3 N–H and O–H groups in total. The van der Waals surface area contributed by atoms with E-state index in [1.807, 2.05) is 12.1 Å². The van der Waals surface area contributed by atoms with Crippen molar-refractivity contribution in [2.75, 3.05) is 19.6 Å². The second kappa shape index (κ2) is 7.78. The van der Waals surface area contributed by atoms with E-state index in [-0.39, 0.29) is 5.91 Å². The molecular formula is C16H23ClN2O2. The Bertz CT molecular complexity index is 481. The molecule has 1 aromatic carbocycles. The fourth-order valence-electron chi connectivity index (χ4n) is 2.96. The van der Waals surface area contributed by atoms with Crippen molar-refractivity contribution in [1.82, 2.24) is 4.90 Å². The van der Waals surface area contributed by atoms with Gasteiger partial charge in [-0.3, -0.25) is 4.79 Å². The van der Waals surface area contributed by atoms with E-state index in [1.54, 1.807) is 12.1 Å². The first-order valence-electron chi connectivity index (χ1n) is 7.49. The van der Waals surface area contributed by atoms with Crippen LogP contribution in [0, 0.1) is 5.92 Å². The van der Waals surface area contributed by atoms with Crippen LogP contribution in [0.25, 0.3) is 0 Å². The number of nitrogens with two attached hydrogens (primary N) is 1. The highest BCUT2D eigenvalue weighted by atomic mass is 35.5. The number of hydrogen-bond acceptors (Lipinski definition) is 3. The van der Waals surface area contributed by atoms with Crippen LogP contribution in [0.5, 0.6) is 0 Å². The lowest BCUT2D eigenvalue weighted by Crippen LogP contribution is -2.38. The Morgan fingerprint density at radius 1 is 1.52 bits per heavy atom. The van der Waals surface area contributed by atoms with Gasteiger partial charge >= 0.3 is 0 Å². The molecule has 2 rings (SSSR count). The van der Waals surface area contributed by atoms with Gasteiger partial charge in [0.25, 0.3) is 0 Å². The van der Waals surface area contributed by atoms with Crippen molar-refractivity contribution in [2.24, 2.45) is 11.7 Å². The zero-order valence-electron chi connectivity index (χ0n) is 12.2. The maximum absolute atomic E-state index is 10.9. The third-order valence-corrected chi connectivity index (χ3v) is 4.30. The van der Waals surface area contributed by atoms with Crippen molar-refractivity contribution in [3.05, 3.63) is 34.9 Å². The third kappa shape index (κ3) is 5.30. The Morgan fingerprint density at radius 3 is 3.05 bits per heavy atom. The fraction of sp³-hybridized carbons (Fsp3) is 0.562. The Labute approximate surface area is 130 Å². The number of aliphatic hydroxyl groups excluding tert-OH is 1. The molecule has 0 radical (unpaired) electrons. The van der Waals surface area contributed by atoms with E-state index in [1.165, 1.54) is 0 Å². The predicted molar refractivity (Wildman–Crippen MR) is 84.0 cm³/mol. The highest BCUT2D eigenvalue weighted by molar-refractivity contribution is 6.30. The lowest BCUT2D eigenvalue weighted by atomic mass is 9.93. The molecule has 4 nitrogen and oxygen atoms in total. The van der Waals surface area contributed by atoms with Crippen LogP contribution >= 0.6 is 11.6 Å². The first-order chi connectivity index (χ1) is 10.0. The molecule has 2 unspecified atom stereocenters. The third-order valence-electron chi connectivity index (χ3n) is 4.07. The zero-order valence-corrected chi connectivity index (χ0v) is 12.9. The van der Waals surface area contributed by atoms with Gasteiger partial charge in [0.2, 0.25) is 5.91 Å². The molecule has 2 atom stereocenters. The molecule has 21 heavy (non-hydrogen) atoms. The molecule has 1 fully saturated rings. The Kier molecular flexibility index (Phi) is 6.03. The van der Waals surface area contributed by atoms with Crippen LogP contribution in [0.2, 0.25) is 5.02 Å². The maximum atomic E-state index is 10.9. The van der Waals surface area contributed by atoms with Crippen molar-refractivity contribution in [3.8, 4) is 0 Å². The van der Waals surface area contributed by atoms with Crippen LogP contribution in [0.4, 0.5) is 0 Å². The summed E-state index contributed by atoms with van der Waals surface area (Å²) in [5, 5.41) is 11.0. The van der Waals surface area contributed by atoms with Gasteiger partial charge in [0, 0.05) is 24.5 Å². The number of carbonyl (C=O) groups is 1. The first kappa shape index (κ1) is 16.3. The highest BCUT2D eigenvalue weighted by Gasteiger charge is 2.22. The SMILES string of the molecule is NC(=O)CCC1CCCN(CC(O)c2cccc(Cl)c2)C1. The van der Waals surface area contributed by atoms with Crippen molar-refractivity contribution in [3.63, 3.8) is 0 Å². The van der Waals surface area contributed by atoms with E-state index in [9.17, 15) is 9.90 Å². The topological polar surface area (TPSA) is 66.6 Å². The summed E-state index contributed by atoms with van der Waals surface area (Å²) in [6.07, 6.45) is 3.01. The average molecular weight is 311 g/mol. The minimum Gasteiger partial charge on any atom is -0.387 e. The number of benzene rings is 1. The Morgan fingerprint density at radius 2 is 2.33 bits per heavy atom. The number of carbonyl (C=O) groups excluding carboxylic acids is 1. The number of rotatable bonds is 6. The maximum Gasteiger partial charge on any atom is 0.217 e. The van der Waals surface area contributed by atoms with Crippen LogP contribution in [-0.4, -0.2) is 35.5 Å². The minimum atomic E-state index is -0.529. The quantitative estimate of drug-likeness (QED) is 0.847. The van der Waals surface area contributed by atoms with E-state index in [2.05, 4.69) is 4.90 Å². The van der Waals surface area contributed by atoms with Gasteiger partial charge in [-0.25, -0.2) is 0 Å². The van der Waals surface area contributed by atoms with Gasteiger partial charge in [-0.1, -0.05) is 23.7 Å². The first-order valence-corrected chi connectivity index (χ1v) is 7.86. The van der Waals surface area contributed by atoms with Crippen LogP contribution < -0.4 is 5.73 Å². The van der Waals surface area contributed by atoms with E-state index in [4.69, 9.17) is 17.3 Å². The van der Waals surface area contributed by atoms with Gasteiger partial charge in [-0.05, 0) is 49.4 Å². The number of β-amino-alcohol motifs (C(OH)–C–C–N with tert-alkyl or cyclic N) is 1. The van der Waals surface area contributed by atoms with Crippen LogP contribution in [-0.2, 0) is 4.79 Å². The van der Waals surface area contributed by atoms with Gasteiger partial charge in [0.05, 0.1) is 6.10 Å². The molecule has 1 aromatic rings. The summed E-state index contributed by atoms with van der Waals surface area (Å²) in [5.74, 6) is 0.267. The number of hydrogen-bond donors (Lipinski definition) is 2. The van der Waals surface area contributed by atoms with Gasteiger partial charge in [-0.2, -0.15) is 0 Å². The molecular weight excluding hydrogens is 288 g/mol. The number of aliphatic hydroxyl groups is 1. The van der Waals surface area contributed by atoms with E-state index < -0.39 is 6.10 Å². The van der Waals surface area contributed by atoms with Crippen LogP contribution in [0.3, 0.4) is 0 Å². The Balaban J connectivity index is 1.85. The monoisotopic (exact) mass is 310 g/mol. The molecule has 1 aliphatic heterocycles. The predicted octanol–water partition coefficient (Wildman–Crippen LogP) is 2.35. The van der Waals surface area contributed by atoms with E-state index in [0.717, 1.165) is 37.9 Å². The molecule has 1 heterocycles. The number of primary amides is 1. The molecule has 0 spiro atoms. The normalized spacial score (nSPS) is 21.1. The molecule has 5 heteroatoms. The van der Waals surface area contributed by atoms with Gasteiger partial charge in [0.15, 0.2) is 0 Å². The molecule has 116 valence electrons. The van der Waals surface area contributed by atoms with Crippen molar-refractivity contribution >= 4 is 17.5 Å². The summed E-state index contributed by atoms with van der Waals surface area (Å²) in [4.78, 5) is 13.1. The largest absolute Gasteiger partial charge is 0.387 e. The second-order valence-electron chi connectivity index (χ2n) is 5.84. The summed E-state index contributed by atoms with van der Waals surface area (Å²) in [5.41, 5.74) is 6.06. The second-order valence-corrected chi connectivity index (χ2v) is 6.28. The Hall–Kier alpha value is -1.10. The molecule has 1 aliphatic rings. The fourth-order valence-corrected chi connectivity index (χ4v) is 3.16. The zero-order chi connectivity index (χ0) is 15.2. The minimum absolute atomic E-state index is 0.230. The van der Waals surface area contributed by atoms with Gasteiger partial charge < -0.3 is 15.7 Å². The summed E-state index contributed by atoms with van der Waals surface area (Å²) in [7, 11) is 0. The number of piperidine rings is 1. The molecule has 0 aliphatic carbocycles. The van der Waals surface area contributed by atoms with Crippen molar-refractivity contribution in [2.45, 2.75) is 31.8 Å². The summed E-state index contributed by atoms with van der Waals surface area (Å²) >= 11 is 5.96. The standard InChI is InChI=1S/C16H23ClN2O2/c17-14-5-1-4-13(9-14)15(20)11-19-8-2-3-12(10-19)6-7-16(18)21/h1,4-5,9,12,15,20H,2-3,6-8,10-11H2,(H2,18,21). The number of halogens is 1. The molecule has 0 aromatic heterocycles. The average Bonchev–Trinajstić information content (AvgIpc) is 2.45. The van der Waals surface area contributed by atoms with E-state index in [0.29, 0.717) is 23.9 Å². The number of likely N-dealkylation sites (tertiary alicyclic amines) is 1. The van der Waals surface area contributed by atoms with Crippen molar-refractivity contribution in [1.29, 1.82) is 0 Å². The molecule has 0 bridgehead atoms. The summed E-state index contributed by atoms with van der Waals surface area (Å²) < 4.78 is 0. The summed E-state index contributed by atoms with van der Waals surface area (Å²) in [6.45, 7) is 2.52. The smallest absolute Gasteiger partial charge is 0.217 e. The molecule has 1 saturated heterocycles. The van der Waals surface area contributed by atoms with Gasteiger partial charge in [0.1, 0.15) is 0 Å². The number of nitrogens with zero attached hydrogens (tertiary/aromatic N) is 1. The lowest BCUT2D eigenvalue weighted by molar-refractivity contribution is -0.118. The van der Waals surface area contributed by atoms with E-state index >= 15 is 0 Å². The molecule has 0 saturated carbocycles. The van der Waals surface area contributed by atoms with Gasteiger partial charge in [-0.15, -0.1) is 0 Å². The lowest BCUT2D eigenvalue weighted by Gasteiger charge is -2.34.